The van der Waals surface area contributed by atoms with Gasteiger partial charge in [-0.1, -0.05) is 105 Å². The average Bonchev–Trinajstić information content (AvgIpc) is 3.51. The topological polar surface area (TPSA) is 81.3 Å². The van der Waals surface area contributed by atoms with E-state index in [1.54, 1.807) is 32.9 Å². The Morgan fingerprint density at radius 1 is 0.864 bits per heavy atom. The molecule has 2 heterocycles. The van der Waals surface area contributed by atoms with E-state index >= 15 is 0 Å². The van der Waals surface area contributed by atoms with E-state index in [-0.39, 0.29) is 29.1 Å². The molecule has 2 atom stereocenters. The molecule has 0 bridgehead atoms. The Labute approximate surface area is 353 Å². The minimum Gasteiger partial charge on any atom is -0.444 e. The standard InChI is InChI=1S/C46H60F3N3O5SSi/c1-44(2,3)57-43(53)50-25-15-22-41-38(32-46(47,48)49)37-20-14-21-40(42(37)58-41)51-39-23-26-52(7)33-34(39)24-27-54-28-29-55-30-31-56-59(45(4,5)6,35-16-10-8-11-17-35)36-18-12-9-13-19-36/h8-14,16-21,34,39,51H,23-33H2,1-7H3,(H,50,53). The molecule has 8 nitrogen and oxygen atoms in total. The fourth-order valence-corrected chi connectivity index (χ4v) is 13.5. The van der Waals surface area contributed by atoms with E-state index in [0.29, 0.717) is 43.3 Å². The van der Waals surface area contributed by atoms with Gasteiger partial charge in [0.2, 0.25) is 0 Å². The number of carbonyl (C=O) groups excluding carboxylic acids is 1. The number of hydrogen-bond donors (Lipinski definition) is 2. The number of nitrogens with one attached hydrogen (secondary N) is 2. The molecule has 0 spiro atoms. The smallest absolute Gasteiger partial charge is 0.408 e. The second-order valence-electron chi connectivity index (χ2n) is 17.1. The van der Waals surface area contributed by atoms with Crippen LogP contribution in [-0.4, -0.2) is 96.8 Å². The van der Waals surface area contributed by atoms with E-state index in [1.807, 2.05) is 18.2 Å². The predicted molar refractivity (Wildman–Crippen MR) is 236 cm³/mol. The predicted octanol–water partition coefficient (Wildman–Crippen LogP) is 8.61. The van der Waals surface area contributed by atoms with Crippen LogP contribution in [0.4, 0.5) is 23.7 Å². The quantitative estimate of drug-likeness (QED) is 0.0665. The summed E-state index contributed by atoms with van der Waals surface area (Å²) in [6, 6.07) is 26.7. The Hall–Kier alpha value is -3.90. The Morgan fingerprint density at radius 2 is 1.49 bits per heavy atom. The molecule has 0 saturated carbocycles. The van der Waals surface area contributed by atoms with Crippen LogP contribution in [-0.2, 0) is 25.1 Å². The molecule has 1 saturated heterocycles. The summed E-state index contributed by atoms with van der Waals surface area (Å²) < 4.78 is 66.5. The summed E-state index contributed by atoms with van der Waals surface area (Å²) >= 11 is 1.25. The highest BCUT2D eigenvalue weighted by atomic mass is 32.1. The summed E-state index contributed by atoms with van der Waals surface area (Å²) in [4.78, 5) is 14.7. The number of ether oxygens (including phenoxy) is 3. The van der Waals surface area contributed by atoms with Crippen LogP contribution in [0.15, 0.2) is 78.9 Å². The maximum atomic E-state index is 13.8. The van der Waals surface area contributed by atoms with Crippen LogP contribution < -0.4 is 21.0 Å². The van der Waals surface area contributed by atoms with Gasteiger partial charge in [0.05, 0.1) is 54.7 Å². The first-order valence-electron chi connectivity index (χ1n) is 20.4. The van der Waals surface area contributed by atoms with E-state index in [4.69, 9.17) is 18.6 Å². The highest BCUT2D eigenvalue weighted by Crippen LogP contribution is 2.40. The van der Waals surface area contributed by atoms with Crippen molar-refractivity contribution in [1.82, 2.24) is 10.2 Å². The van der Waals surface area contributed by atoms with Gasteiger partial charge in [-0.15, -0.1) is 11.3 Å². The van der Waals surface area contributed by atoms with Gasteiger partial charge in [-0.05, 0) is 85.6 Å². The number of thiophene rings is 1. The first kappa shape index (κ1) is 46.2. The monoisotopic (exact) mass is 851 g/mol. The third-order valence-electron chi connectivity index (χ3n) is 10.4. The van der Waals surface area contributed by atoms with E-state index in [0.717, 1.165) is 36.3 Å². The number of piperidine rings is 1. The zero-order valence-corrected chi connectivity index (χ0v) is 37.3. The highest BCUT2D eigenvalue weighted by molar-refractivity contribution is 7.20. The minimum absolute atomic E-state index is 0.0530. The molecule has 2 unspecified atom stereocenters. The summed E-state index contributed by atoms with van der Waals surface area (Å²) in [5.41, 5.74) is 0.271. The minimum atomic E-state index is -4.41. The molecule has 1 amide bonds. The maximum absolute atomic E-state index is 13.8. The van der Waals surface area contributed by atoms with E-state index in [2.05, 4.69) is 104 Å². The second-order valence-corrected chi connectivity index (χ2v) is 22.5. The largest absolute Gasteiger partial charge is 0.444 e. The molecule has 13 heteroatoms. The number of anilines is 1. The van der Waals surface area contributed by atoms with Gasteiger partial charge < -0.3 is 34.2 Å². The fourth-order valence-electron chi connectivity index (χ4n) is 7.78. The van der Waals surface area contributed by atoms with Crippen LogP contribution in [0, 0.1) is 17.8 Å². The average molecular weight is 852 g/mol. The number of nitrogens with zero attached hydrogens (tertiary/aromatic N) is 1. The van der Waals surface area contributed by atoms with Crippen molar-refractivity contribution in [1.29, 1.82) is 0 Å². The summed E-state index contributed by atoms with van der Waals surface area (Å²) in [6.45, 7) is 16.2. The van der Waals surface area contributed by atoms with Gasteiger partial charge in [0.25, 0.3) is 8.32 Å². The number of likely N-dealkylation sites (tertiary alicyclic amines) is 1. The van der Waals surface area contributed by atoms with Crippen molar-refractivity contribution >= 4 is 51.9 Å². The van der Waals surface area contributed by atoms with Crippen LogP contribution in [0.1, 0.15) is 64.8 Å². The van der Waals surface area contributed by atoms with Crippen LogP contribution in [0.5, 0.6) is 0 Å². The third-order valence-corrected chi connectivity index (χ3v) is 16.6. The molecule has 1 aromatic heterocycles. The van der Waals surface area contributed by atoms with Crippen molar-refractivity contribution < 1.29 is 36.6 Å². The van der Waals surface area contributed by atoms with Crippen LogP contribution in [0.3, 0.4) is 0 Å². The van der Waals surface area contributed by atoms with Crippen molar-refractivity contribution in [2.45, 2.75) is 83.7 Å². The van der Waals surface area contributed by atoms with Gasteiger partial charge in [-0.3, -0.25) is 0 Å². The molecule has 5 rings (SSSR count). The molecule has 59 heavy (non-hydrogen) atoms. The fraction of sp³-hybridized carbons (Fsp3) is 0.500. The van der Waals surface area contributed by atoms with Crippen molar-refractivity contribution in [3.05, 3.63) is 89.3 Å². The summed E-state index contributed by atoms with van der Waals surface area (Å²) in [6.07, 6.45) is -4.43. The second kappa shape index (κ2) is 20.6. The molecule has 1 aliphatic heterocycles. The molecule has 1 fully saturated rings. The Morgan fingerprint density at radius 3 is 2.10 bits per heavy atom. The van der Waals surface area contributed by atoms with Crippen LogP contribution in [0.25, 0.3) is 10.1 Å². The third kappa shape index (κ3) is 13.0. The summed E-state index contributed by atoms with van der Waals surface area (Å²) in [7, 11) is -0.512. The zero-order valence-electron chi connectivity index (χ0n) is 35.5. The number of halogens is 3. The lowest BCUT2D eigenvalue weighted by atomic mass is 9.89. The van der Waals surface area contributed by atoms with Crippen LogP contribution in [0.2, 0.25) is 5.04 Å². The number of alkyl carbamates (subject to hydrolysis) is 1. The van der Waals surface area contributed by atoms with Gasteiger partial charge in [-0.2, -0.15) is 13.2 Å². The molecule has 0 radical (unpaired) electrons. The van der Waals surface area contributed by atoms with Gasteiger partial charge in [0.15, 0.2) is 0 Å². The maximum Gasteiger partial charge on any atom is 0.408 e. The van der Waals surface area contributed by atoms with Crippen molar-refractivity contribution in [2.24, 2.45) is 5.92 Å². The van der Waals surface area contributed by atoms with Gasteiger partial charge >= 0.3 is 12.3 Å². The molecular formula is C46H60F3N3O5SSi. The van der Waals surface area contributed by atoms with E-state index in [1.165, 1.54) is 21.7 Å². The first-order chi connectivity index (χ1) is 28.0. The lowest BCUT2D eigenvalue weighted by Gasteiger charge is -2.43. The zero-order chi connectivity index (χ0) is 42.7. The first-order valence-corrected chi connectivity index (χ1v) is 23.1. The number of benzene rings is 3. The SMILES string of the molecule is CN1CCC(Nc2cccc3c(CC(F)(F)F)c(C#CCNC(=O)OC(C)(C)C)sc23)C(CCOCCOCCO[Si](c2ccccc2)(c2ccccc2)C(C)(C)C)C1. The number of carbonyl (C=O) groups is 1. The summed E-state index contributed by atoms with van der Waals surface area (Å²) in [5, 5.41) is 9.17. The molecule has 1 aliphatic rings. The summed E-state index contributed by atoms with van der Waals surface area (Å²) in [5.74, 6) is 5.98. The molecular weight excluding hydrogens is 792 g/mol. The number of rotatable bonds is 16. The van der Waals surface area contributed by atoms with Gasteiger partial charge in [0, 0.05) is 19.2 Å². The van der Waals surface area contributed by atoms with Crippen molar-refractivity contribution in [2.75, 3.05) is 65.0 Å². The number of fused-ring (bicyclic) bond motifs is 1. The van der Waals surface area contributed by atoms with Gasteiger partial charge in [0.1, 0.15) is 5.60 Å². The Balaban J connectivity index is 1.16. The molecule has 2 N–H and O–H groups in total. The lowest BCUT2D eigenvalue weighted by Crippen LogP contribution is -2.66. The molecule has 0 aliphatic carbocycles. The van der Waals surface area contributed by atoms with Gasteiger partial charge in [-0.25, -0.2) is 4.79 Å². The molecule has 4 aromatic rings. The number of alkyl halides is 3. The number of hydrogen-bond acceptors (Lipinski definition) is 8. The normalized spacial score (nSPS) is 16.7. The van der Waals surface area contributed by atoms with E-state index in [9.17, 15) is 18.0 Å². The molecule has 320 valence electrons. The van der Waals surface area contributed by atoms with Crippen molar-refractivity contribution in [3.63, 3.8) is 0 Å². The number of amides is 1. The highest BCUT2D eigenvalue weighted by Gasteiger charge is 2.50. The Kier molecular flexibility index (Phi) is 16.1. The van der Waals surface area contributed by atoms with Crippen LogP contribution >= 0.6 is 11.3 Å². The molecule has 3 aromatic carbocycles. The van der Waals surface area contributed by atoms with Crippen molar-refractivity contribution in [3.8, 4) is 11.8 Å². The van der Waals surface area contributed by atoms with E-state index < -0.39 is 32.6 Å². The lowest BCUT2D eigenvalue weighted by molar-refractivity contribution is -0.126. The Bertz CT molecular complexity index is 1970.